The summed E-state index contributed by atoms with van der Waals surface area (Å²) < 4.78 is 4.91. The summed E-state index contributed by atoms with van der Waals surface area (Å²) >= 11 is 0. The molecule has 10 aromatic rings. The van der Waals surface area contributed by atoms with E-state index in [0.717, 1.165) is 11.3 Å². The van der Waals surface area contributed by atoms with Crippen LogP contribution < -0.4 is 0 Å². The molecule has 0 unspecified atom stereocenters. The van der Waals surface area contributed by atoms with Gasteiger partial charge >= 0.3 is 0 Å². The zero-order valence-corrected chi connectivity index (χ0v) is 24.7. The van der Waals surface area contributed by atoms with Crippen LogP contribution in [0, 0.1) is 6.92 Å². The van der Waals surface area contributed by atoms with E-state index in [9.17, 15) is 0 Å². The second-order valence-corrected chi connectivity index (χ2v) is 12.0. The lowest BCUT2D eigenvalue weighted by Gasteiger charge is -2.09. The Hall–Kier alpha value is -5.93. The highest BCUT2D eigenvalue weighted by molar-refractivity contribution is 6.30. The Morgan fingerprint density at radius 2 is 0.956 bits per heavy atom. The molecule has 3 heteroatoms. The predicted octanol–water partition coefficient (Wildman–Crippen LogP) is 11.1. The Kier molecular flexibility index (Phi) is 4.92. The van der Waals surface area contributed by atoms with Gasteiger partial charge in [-0.2, -0.15) is 0 Å². The van der Waals surface area contributed by atoms with Crippen molar-refractivity contribution in [3.63, 3.8) is 0 Å². The predicted molar refractivity (Wildman–Crippen MR) is 191 cm³/mol. The van der Waals surface area contributed by atoms with Crippen molar-refractivity contribution in [2.45, 2.75) is 6.92 Å². The first-order chi connectivity index (χ1) is 22.3. The Morgan fingerprint density at radius 1 is 0.400 bits per heavy atom. The number of rotatable bonds is 1. The number of hydrogen-bond donors (Lipinski definition) is 0. The van der Waals surface area contributed by atoms with Crippen molar-refractivity contribution in [3.05, 3.63) is 151 Å². The van der Waals surface area contributed by atoms with E-state index >= 15 is 0 Å². The van der Waals surface area contributed by atoms with E-state index < -0.39 is 0 Å². The normalized spacial score (nSPS) is 12.1. The smallest absolute Gasteiger partial charge is 0.137 e. The molecule has 4 heterocycles. The summed E-state index contributed by atoms with van der Waals surface area (Å²) in [5.41, 5.74) is 7.21. The third-order valence-electron chi connectivity index (χ3n) is 9.65. The van der Waals surface area contributed by atoms with Crippen LogP contribution in [0.25, 0.3) is 87.3 Å². The third kappa shape index (κ3) is 3.22. The summed E-state index contributed by atoms with van der Waals surface area (Å²) in [5.74, 6) is 0.922. The number of hydrogen-bond acceptors (Lipinski definition) is 1. The number of nitrogens with zero attached hydrogens (tertiary/aromatic N) is 3. The van der Waals surface area contributed by atoms with Gasteiger partial charge in [0.15, 0.2) is 0 Å². The molecule has 0 fully saturated rings. The zero-order chi connectivity index (χ0) is 29.6. The number of aryl methyl sites for hydroxylation is 1. The fraction of sp³-hybridized carbons (Fsp3) is 0.0238. The van der Waals surface area contributed by atoms with Crippen LogP contribution >= 0.6 is 0 Å². The van der Waals surface area contributed by atoms with Gasteiger partial charge < -0.3 is 4.40 Å². The molecular formula is C42H27N3. The molecule has 0 amide bonds. The maximum Gasteiger partial charge on any atom is 0.137 e. The van der Waals surface area contributed by atoms with E-state index in [2.05, 4.69) is 149 Å². The number of fused-ring (bicyclic) bond motifs is 14. The average Bonchev–Trinajstić information content (AvgIpc) is 3.63. The Morgan fingerprint density at radius 3 is 1.67 bits per heavy atom. The van der Waals surface area contributed by atoms with Crippen molar-refractivity contribution in [3.8, 4) is 5.82 Å². The van der Waals surface area contributed by atoms with Gasteiger partial charge in [0.1, 0.15) is 5.82 Å². The van der Waals surface area contributed by atoms with Crippen LogP contribution in [0.3, 0.4) is 0 Å². The second kappa shape index (κ2) is 9.04. The van der Waals surface area contributed by atoms with Crippen LogP contribution in [0.2, 0.25) is 0 Å². The van der Waals surface area contributed by atoms with E-state index in [-0.39, 0.29) is 0 Å². The minimum atomic E-state index is 0.922. The van der Waals surface area contributed by atoms with Gasteiger partial charge in [-0.05, 0) is 58.3 Å². The van der Waals surface area contributed by atoms with Crippen LogP contribution in [0.4, 0.5) is 0 Å². The molecule has 0 N–H and O–H groups in total. The highest BCUT2D eigenvalue weighted by atomic mass is 15.1. The van der Waals surface area contributed by atoms with Crippen molar-refractivity contribution in [2.24, 2.45) is 0 Å². The standard InChI is InChI=1S/C42H27N3/c1-26-12-10-20-35-39-37(44(40(26)35)38-22-8-9-25-43-38)24-23-34-30-16-5-3-14-28(30)27-13-2-4-15-29(27)32-18-11-19-33-31-17-6-7-21-36(31)45(41(32)33)42(34)39/h2-25H,1H3. The van der Waals surface area contributed by atoms with Crippen molar-refractivity contribution in [2.75, 3.05) is 0 Å². The molecule has 0 spiro atoms. The molecule has 0 saturated carbocycles. The first kappa shape index (κ1) is 24.5. The van der Waals surface area contributed by atoms with Crippen molar-refractivity contribution in [1.29, 1.82) is 0 Å². The number of aromatic nitrogens is 3. The van der Waals surface area contributed by atoms with Crippen molar-refractivity contribution >= 4 is 81.4 Å². The highest BCUT2D eigenvalue weighted by Gasteiger charge is 2.21. The first-order valence-corrected chi connectivity index (χ1v) is 15.5. The number of benzene rings is 6. The maximum absolute atomic E-state index is 4.86. The average molecular weight is 574 g/mol. The lowest BCUT2D eigenvalue weighted by molar-refractivity contribution is 1.07. The lowest BCUT2D eigenvalue weighted by Crippen LogP contribution is -1.97. The summed E-state index contributed by atoms with van der Waals surface area (Å²) in [5, 5.41) is 12.4. The van der Waals surface area contributed by atoms with Crippen LogP contribution in [-0.2, 0) is 0 Å². The minimum absolute atomic E-state index is 0.922. The van der Waals surface area contributed by atoms with E-state index in [1.807, 2.05) is 12.3 Å². The summed E-state index contributed by atoms with van der Waals surface area (Å²) in [7, 11) is 0. The summed E-state index contributed by atoms with van der Waals surface area (Å²) in [6, 6.07) is 51.0. The molecule has 4 aromatic heterocycles. The van der Waals surface area contributed by atoms with E-state index in [0.29, 0.717) is 0 Å². The molecule has 0 aliphatic rings. The second-order valence-electron chi connectivity index (χ2n) is 12.0. The van der Waals surface area contributed by atoms with Gasteiger partial charge in [-0.1, -0.05) is 115 Å². The third-order valence-corrected chi connectivity index (χ3v) is 9.65. The van der Waals surface area contributed by atoms with Gasteiger partial charge in [0.25, 0.3) is 0 Å². The fourth-order valence-electron chi connectivity index (χ4n) is 7.86. The van der Waals surface area contributed by atoms with Crippen molar-refractivity contribution < 1.29 is 0 Å². The molecular weight excluding hydrogens is 546 g/mol. The van der Waals surface area contributed by atoms with Gasteiger partial charge in [-0.15, -0.1) is 0 Å². The number of pyridine rings is 1. The van der Waals surface area contributed by atoms with E-state index in [1.165, 1.54) is 81.5 Å². The van der Waals surface area contributed by atoms with Crippen molar-refractivity contribution in [1.82, 2.24) is 14.0 Å². The number of para-hydroxylation sites is 3. The largest absolute Gasteiger partial charge is 0.307 e. The molecule has 10 rings (SSSR count). The highest BCUT2D eigenvalue weighted by Crippen LogP contribution is 2.43. The fourth-order valence-corrected chi connectivity index (χ4v) is 7.86. The zero-order valence-electron chi connectivity index (χ0n) is 24.7. The summed E-state index contributed by atoms with van der Waals surface area (Å²) in [4.78, 5) is 4.86. The van der Waals surface area contributed by atoms with Gasteiger partial charge in [-0.25, -0.2) is 4.98 Å². The first-order valence-electron chi connectivity index (χ1n) is 15.5. The molecule has 0 radical (unpaired) electrons. The van der Waals surface area contributed by atoms with Gasteiger partial charge in [0.05, 0.1) is 27.6 Å². The maximum atomic E-state index is 4.86. The molecule has 3 nitrogen and oxygen atoms in total. The Bertz CT molecular complexity index is 2870. The molecule has 0 aliphatic heterocycles. The van der Waals surface area contributed by atoms with Crippen LogP contribution in [-0.4, -0.2) is 14.0 Å². The SMILES string of the molecule is Cc1cccc2c3c(ccc4c5ccccc5c5ccccc5c5cccc6c7ccccc7n(c56)c43)n(-c3ccccn3)c12. The monoisotopic (exact) mass is 573 g/mol. The topological polar surface area (TPSA) is 22.2 Å². The molecule has 0 atom stereocenters. The quantitative estimate of drug-likeness (QED) is 0.191. The molecule has 0 aliphatic carbocycles. The minimum Gasteiger partial charge on any atom is -0.307 e. The summed E-state index contributed by atoms with van der Waals surface area (Å²) in [6.07, 6.45) is 1.88. The molecule has 0 saturated heterocycles. The van der Waals surface area contributed by atoms with Gasteiger partial charge in [0, 0.05) is 38.5 Å². The Balaban J connectivity index is 1.67. The molecule has 45 heavy (non-hydrogen) atoms. The lowest BCUT2D eigenvalue weighted by atomic mass is 10.00. The van der Waals surface area contributed by atoms with E-state index in [1.54, 1.807) is 0 Å². The molecule has 210 valence electrons. The van der Waals surface area contributed by atoms with Gasteiger partial charge in [-0.3, -0.25) is 4.57 Å². The van der Waals surface area contributed by atoms with Gasteiger partial charge in [0.2, 0.25) is 0 Å². The van der Waals surface area contributed by atoms with Crippen LogP contribution in [0.5, 0.6) is 0 Å². The van der Waals surface area contributed by atoms with E-state index in [4.69, 9.17) is 4.98 Å². The van der Waals surface area contributed by atoms with Crippen LogP contribution in [0.1, 0.15) is 5.56 Å². The Labute approximate surface area is 258 Å². The summed E-state index contributed by atoms with van der Waals surface area (Å²) in [6.45, 7) is 2.21. The molecule has 0 bridgehead atoms. The molecule has 6 aromatic carbocycles. The van der Waals surface area contributed by atoms with Crippen LogP contribution in [0.15, 0.2) is 146 Å².